The summed E-state index contributed by atoms with van der Waals surface area (Å²) in [5.74, 6) is 1.14. The highest BCUT2D eigenvalue weighted by molar-refractivity contribution is 5.78. The van der Waals surface area contributed by atoms with Crippen LogP contribution in [0.4, 0.5) is 5.69 Å². The highest BCUT2D eigenvalue weighted by Gasteiger charge is 2.08. The fourth-order valence-electron chi connectivity index (χ4n) is 1.56. The molecular weight excluding hydrogens is 244 g/mol. The summed E-state index contributed by atoms with van der Waals surface area (Å²) in [5, 5.41) is 2.74. The topological polar surface area (TPSA) is 94.0 Å². The number of rotatable bonds is 4. The van der Waals surface area contributed by atoms with Gasteiger partial charge in [0.05, 0.1) is 30.5 Å². The number of pyridine rings is 1. The lowest BCUT2D eigenvalue weighted by atomic mass is 10.2. The Kier molecular flexibility index (Phi) is 3.79. The third-order valence-electron chi connectivity index (χ3n) is 2.70. The van der Waals surface area contributed by atoms with Crippen LogP contribution >= 0.6 is 0 Å². The van der Waals surface area contributed by atoms with Gasteiger partial charge in [-0.2, -0.15) is 0 Å². The van der Waals surface area contributed by atoms with Crippen molar-refractivity contribution in [2.45, 2.75) is 26.8 Å². The van der Waals surface area contributed by atoms with Gasteiger partial charge in [0.15, 0.2) is 0 Å². The number of amides is 1. The molecule has 0 aliphatic carbocycles. The van der Waals surface area contributed by atoms with E-state index in [9.17, 15) is 4.79 Å². The third kappa shape index (κ3) is 3.54. The maximum Gasteiger partial charge on any atom is 0.226 e. The number of carbonyl (C=O) groups excluding carboxylic acids is 1. The molecule has 0 unspecified atom stereocenters. The summed E-state index contributed by atoms with van der Waals surface area (Å²) in [6.45, 7) is 3.98. The average molecular weight is 260 g/mol. The summed E-state index contributed by atoms with van der Waals surface area (Å²) in [7, 11) is 0. The van der Waals surface area contributed by atoms with Crippen LogP contribution in [0.1, 0.15) is 23.0 Å². The molecule has 19 heavy (non-hydrogen) atoms. The predicted octanol–water partition coefficient (Wildman–Crippen LogP) is 1.13. The van der Waals surface area contributed by atoms with Crippen molar-refractivity contribution < 1.29 is 9.21 Å². The van der Waals surface area contributed by atoms with Gasteiger partial charge in [-0.25, -0.2) is 4.98 Å². The van der Waals surface area contributed by atoms with E-state index in [0.29, 0.717) is 17.3 Å². The maximum atomic E-state index is 11.7. The van der Waals surface area contributed by atoms with E-state index < -0.39 is 0 Å². The largest absolute Gasteiger partial charge is 0.444 e. The van der Waals surface area contributed by atoms with Gasteiger partial charge in [0, 0.05) is 5.69 Å². The van der Waals surface area contributed by atoms with E-state index in [-0.39, 0.29) is 18.9 Å². The molecule has 100 valence electrons. The molecule has 2 aromatic rings. The van der Waals surface area contributed by atoms with Crippen LogP contribution in [-0.4, -0.2) is 15.9 Å². The number of oxazole rings is 1. The van der Waals surface area contributed by atoms with E-state index >= 15 is 0 Å². The van der Waals surface area contributed by atoms with Crippen molar-refractivity contribution in [3.63, 3.8) is 0 Å². The van der Waals surface area contributed by atoms with Gasteiger partial charge in [0.1, 0.15) is 5.76 Å². The molecule has 2 heterocycles. The Hall–Kier alpha value is -2.37. The summed E-state index contributed by atoms with van der Waals surface area (Å²) in [6, 6.07) is 3.45. The Bertz CT molecular complexity index is 555. The number of nitrogen functional groups attached to an aromatic ring is 1. The minimum atomic E-state index is -0.134. The van der Waals surface area contributed by atoms with Crippen molar-refractivity contribution in [1.82, 2.24) is 15.3 Å². The molecule has 6 nitrogen and oxygen atoms in total. The van der Waals surface area contributed by atoms with Crippen LogP contribution in [0.25, 0.3) is 0 Å². The molecular formula is C13H16N4O2. The minimum absolute atomic E-state index is 0.134. The molecule has 0 bridgehead atoms. The van der Waals surface area contributed by atoms with Gasteiger partial charge >= 0.3 is 0 Å². The fourth-order valence-corrected chi connectivity index (χ4v) is 1.56. The molecule has 0 fully saturated rings. The second-order valence-electron chi connectivity index (χ2n) is 4.29. The van der Waals surface area contributed by atoms with Gasteiger partial charge in [-0.3, -0.25) is 9.78 Å². The Morgan fingerprint density at radius 3 is 2.79 bits per heavy atom. The Morgan fingerprint density at radius 1 is 1.42 bits per heavy atom. The van der Waals surface area contributed by atoms with Crippen LogP contribution in [0.3, 0.4) is 0 Å². The molecule has 2 aromatic heterocycles. The summed E-state index contributed by atoms with van der Waals surface area (Å²) in [5.41, 5.74) is 7.61. The lowest BCUT2D eigenvalue weighted by Gasteiger charge is -2.02. The molecule has 0 radical (unpaired) electrons. The fraction of sp³-hybridized carbons (Fsp3) is 0.308. The van der Waals surface area contributed by atoms with Gasteiger partial charge in [-0.1, -0.05) is 0 Å². The molecule has 0 aromatic carbocycles. The van der Waals surface area contributed by atoms with E-state index in [1.54, 1.807) is 12.1 Å². The van der Waals surface area contributed by atoms with Crippen molar-refractivity contribution in [3.05, 3.63) is 41.4 Å². The van der Waals surface area contributed by atoms with Crippen LogP contribution < -0.4 is 11.1 Å². The highest BCUT2D eigenvalue weighted by atomic mass is 16.4. The number of aromatic nitrogens is 2. The maximum absolute atomic E-state index is 11.7. The average Bonchev–Trinajstić information content (AvgIpc) is 2.69. The van der Waals surface area contributed by atoms with Gasteiger partial charge in [0.2, 0.25) is 11.8 Å². The van der Waals surface area contributed by atoms with Crippen LogP contribution in [-0.2, 0) is 17.8 Å². The van der Waals surface area contributed by atoms with Crippen LogP contribution in [0.5, 0.6) is 0 Å². The van der Waals surface area contributed by atoms with Gasteiger partial charge in [0.25, 0.3) is 0 Å². The number of aryl methyl sites for hydroxylation is 2. The zero-order chi connectivity index (χ0) is 13.8. The molecule has 1 amide bonds. The summed E-state index contributed by atoms with van der Waals surface area (Å²) < 4.78 is 5.37. The van der Waals surface area contributed by atoms with Crippen LogP contribution in [0, 0.1) is 13.8 Å². The number of carbonyl (C=O) groups is 1. The summed E-state index contributed by atoms with van der Waals surface area (Å²) >= 11 is 0. The molecule has 0 saturated heterocycles. The second kappa shape index (κ2) is 5.51. The summed E-state index contributed by atoms with van der Waals surface area (Å²) in [4.78, 5) is 20.0. The first-order chi connectivity index (χ1) is 9.04. The van der Waals surface area contributed by atoms with Crippen molar-refractivity contribution in [1.29, 1.82) is 0 Å². The highest BCUT2D eigenvalue weighted by Crippen LogP contribution is 2.08. The zero-order valence-corrected chi connectivity index (χ0v) is 10.9. The SMILES string of the molecule is Cc1nc(CNC(=O)Cc2ccc(N)cn2)oc1C. The monoisotopic (exact) mass is 260 g/mol. The lowest BCUT2D eigenvalue weighted by molar-refractivity contribution is -0.120. The molecule has 0 atom stereocenters. The molecule has 6 heteroatoms. The van der Waals surface area contributed by atoms with Gasteiger partial charge in [-0.15, -0.1) is 0 Å². The molecule has 3 N–H and O–H groups in total. The van der Waals surface area contributed by atoms with Crippen molar-refractivity contribution in [2.75, 3.05) is 5.73 Å². The van der Waals surface area contributed by atoms with Crippen molar-refractivity contribution in [3.8, 4) is 0 Å². The Morgan fingerprint density at radius 2 is 2.21 bits per heavy atom. The van der Waals surface area contributed by atoms with Crippen LogP contribution in [0.15, 0.2) is 22.7 Å². The van der Waals surface area contributed by atoms with Gasteiger partial charge in [-0.05, 0) is 26.0 Å². The normalized spacial score (nSPS) is 10.4. The number of hydrogen-bond donors (Lipinski definition) is 2. The minimum Gasteiger partial charge on any atom is -0.444 e. The second-order valence-corrected chi connectivity index (χ2v) is 4.29. The van der Waals surface area contributed by atoms with Crippen molar-refractivity contribution >= 4 is 11.6 Å². The van der Waals surface area contributed by atoms with E-state index in [1.165, 1.54) is 6.20 Å². The number of anilines is 1. The molecule has 0 saturated carbocycles. The first-order valence-electron chi connectivity index (χ1n) is 5.94. The molecule has 2 rings (SSSR count). The lowest BCUT2D eigenvalue weighted by Crippen LogP contribution is -2.25. The predicted molar refractivity (Wildman–Crippen MR) is 70.2 cm³/mol. The number of hydrogen-bond acceptors (Lipinski definition) is 5. The Balaban J connectivity index is 1.86. The van der Waals surface area contributed by atoms with Crippen LogP contribution in [0.2, 0.25) is 0 Å². The molecule has 0 aliphatic rings. The Labute approximate surface area is 111 Å². The zero-order valence-electron chi connectivity index (χ0n) is 10.9. The van der Waals surface area contributed by atoms with E-state index in [0.717, 1.165) is 11.5 Å². The quantitative estimate of drug-likeness (QED) is 0.859. The van der Waals surface area contributed by atoms with E-state index in [4.69, 9.17) is 10.2 Å². The number of nitrogens with two attached hydrogens (primary N) is 1. The standard InChI is InChI=1S/C13H16N4O2/c1-8-9(2)19-13(17-8)7-16-12(18)5-11-4-3-10(14)6-15-11/h3-4,6H,5,7,14H2,1-2H3,(H,16,18). The number of nitrogens with zero attached hydrogens (tertiary/aromatic N) is 2. The smallest absolute Gasteiger partial charge is 0.226 e. The van der Waals surface area contributed by atoms with E-state index in [2.05, 4.69) is 15.3 Å². The first kappa shape index (κ1) is 13.1. The van der Waals surface area contributed by atoms with E-state index in [1.807, 2.05) is 13.8 Å². The molecule has 0 spiro atoms. The van der Waals surface area contributed by atoms with Crippen molar-refractivity contribution in [2.24, 2.45) is 0 Å². The number of nitrogens with one attached hydrogen (secondary N) is 1. The van der Waals surface area contributed by atoms with Gasteiger partial charge < -0.3 is 15.5 Å². The molecule has 0 aliphatic heterocycles. The first-order valence-corrected chi connectivity index (χ1v) is 5.94. The third-order valence-corrected chi connectivity index (χ3v) is 2.70. The summed E-state index contributed by atoms with van der Waals surface area (Å²) in [6.07, 6.45) is 1.74.